The van der Waals surface area contributed by atoms with Gasteiger partial charge in [-0.1, -0.05) is 5.16 Å². The van der Waals surface area contributed by atoms with Gasteiger partial charge in [-0.15, -0.1) is 0 Å². The molecular weight excluding hydrogens is 269 g/mol. The molecule has 1 atom stereocenters. The van der Waals surface area contributed by atoms with Crippen molar-refractivity contribution >= 4 is 22.9 Å². The van der Waals surface area contributed by atoms with Gasteiger partial charge in [0.05, 0.1) is 5.92 Å². The Kier molecular flexibility index (Phi) is 2.31. The van der Waals surface area contributed by atoms with E-state index >= 15 is 0 Å². The summed E-state index contributed by atoms with van der Waals surface area (Å²) in [5, 5.41) is 3.78. The van der Waals surface area contributed by atoms with Gasteiger partial charge in [-0.05, 0) is 13.3 Å². The predicted molar refractivity (Wildman–Crippen MR) is 52.0 cm³/mol. The second-order valence-corrected chi connectivity index (χ2v) is 4.40. The molecule has 0 spiro atoms. The second kappa shape index (κ2) is 3.29. The summed E-state index contributed by atoms with van der Waals surface area (Å²) in [6, 6.07) is 0. The molecule has 0 bridgehead atoms. The fourth-order valence-corrected chi connectivity index (χ4v) is 2.15. The maximum atomic E-state index is 5.11. The Hall–Kier alpha value is -0.170. The van der Waals surface area contributed by atoms with Crippen LogP contribution in [0.1, 0.15) is 24.1 Å². The molecule has 1 saturated heterocycles. The zero-order valence-corrected chi connectivity index (χ0v) is 8.98. The fourth-order valence-electron chi connectivity index (χ4n) is 1.40. The molecule has 1 unspecified atom stereocenters. The molecule has 1 aliphatic rings. The van der Waals surface area contributed by atoms with Crippen molar-refractivity contribution in [2.45, 2.75) is 19.3 Å². The lowest BCUT2D eigenvalue weighted by Gasteiger charge is -2.02. The molecule has 0 saturated carbocycles. The van der Waals surface area contributed by atoms with Crippen LogP contribution in [0.5, 0.6) is 0 Å². The normalized spacial score (nSPS) is 25.0. The molecule has 1 fully saturated rings. The van der Waals surface area contributed by atoms with Gasteiger partial charge in [0.25, 0.3) is 0 Å². The third-order valence-corrected chi connectivity index (χ3v) is 2.91. The fraction of sp³-hybridized carbons (Fsp3) is 0.714. The van der Waals surface area contributed by atoms with Crippen LogP contribution in [0.15, 0.2) is 4.52 Å². The van der Waals surface area contributed by atoms with E-state index in [0.717, 1.165) is 31.2 Å². The molecule has 1 aliphatic heterocycles. The summed E-state index contributed by atoms with van der Waals surface area (Å²) >= 11 is 2.32. The van der Waals surface area contributed by atoms with Gasteiger partial charge in [0, 0.05) is 36.0 Å². The molecule has 0 amide bonds. The molecule has 0 aromatic carbocycles. The van der Waals surface area contributed by atoms with Gasteiger partial charge in [0.2, 0.25) is 5.89 Å². The first-order valence-electron chi connectivity index (χ1n) is 3.96. The van der Waals surface area contributed by atoms with Crippen LogP contribution in [0.4, 0.5) is 0 Å². The molecule has 5 heteroatoms. The van der Waals surface area contributed by atoms with Crippen molar-refractivity contribution < 1.29 is 4.52 Å². The third-order valence-electron chi connectivity index (χ3n) is 2.03. The van der Waals surface area contributed by atoms with Crippen LogP contribution in [-0.2, 0) is 0 Å². The number of hydrogen-bond acceptors (Lipinski definition) is 4. The molecule has 0 radical (unpaired) electrons. The highest BCUT2D eigenvalue weighted by Crippen LogP contribution is 2.27. The molecular formula is C7H10IN3O. The Balaban J connectivity index is 2.11. The number of hydrogen-bond donors (Lipinski definition) is 0. The van der Waals surface area contributed by atoms with E-state index < -0.39 is 0 Å². The van der Waals surface area contributed by atoms with Crippen molar-refractivity contribution in [3.05, 3.63) is 11.7 Å². The molecule has 1 aromatic rings. The van der Waals surface area contributed by atoms with Crippen LogP contribution in [-0.4, -0.2) is 26.3 Å². The molecule has 12 heavy (non-hydrogen) atoms. The minimum atomic E-state index is 0.447. The average Bonchev–Trinajstić information content (AvgIpc) is 2.58. The summed E-state index contributed by atoms with van der Waals surface area (Å²) in [6.45, 7) is 4.00. The summed E-state index contributed by atoms with van der Waals surface area (Å²) in [6.07, 6.45) is 1.13. The van der Waals surface area contributed by atoms with Crippen molar-refractivity contribution in [3.8, 4) is 0 Å². The lowest BCUT2D eigenvalue weighted by molar-refractivity contribution is 0.354. The number of nitrogens with zero attached hydrogens (tertiary/aromatic N) is 3. The SMILES string of the molecule is Cc1noc(C2CCN(I)C2)n1. The van der Waals surface area contributed by atoms with Crippen LogP contribution in [0, 0.1) is 6.92 Å². The molecule has 0 N–H and O–H groups in total. The molecule has 1 aromatic heterocycles. The number of halogens is 1. The Morgan fingerprint density at radius 3 is 3.00 bits per heavy atom. The molecule has 2 heterocycles. The largest absolute Gasteiger partial charge is 0.339 e. The minimum absolute atomic E-state index is 0.447. The van der Waals surface area contributed by atoms with E-state index in [1.807, 2.05) is 6.92 Å². The van der Waals surface area contributed by atoms with E-state index in [2.05, 4.69) is 36.1 Å². The quantitative estimate of drug-likeness (QED) is 0.577. The van der Waals surface area contributed by atoms with Crippen molar-refractivity contribution in [3.63, 3.8) is 0 Å². The third kappa shape index (κ3) is 1.61. The lowest BCUT2D eigenvalue weighted by atomic mass is 10.1. The highest BCUT2D eigenvalue weighted by atomic mass is 127. The van der Waals surface area contributed by atoms with Crippen LogP contribution in [0.2, 0.25) is 0 Å². The number of aryl methyl sites for hydroxylation is 1. The minimum Gasteiger partial charge on any atom is -0.339 e. The summed E-state index contributed by atoms with van der Waals surface area (Å²) in [7, 11) is 0. The zero-order valence-electron chi connectivity index (χ0n) is 6.83. The molecule has 4 nitrogen and oxygen atoms in total. The van der Waals surface area contributed by atoms with Gasteiger partial charge in [0.15, 0.2) is 5.82 Å². The van der Waals surface area contributed by atoms with Gasteiger partial charge < -0.3 is 4.52 Å². The van der Waals surface area contributed by atoms with Crippen molar-refractivity contribution in [2.75, 3.05) is 13.1 Å². The molecule has 0 aliphatic carbocycles. The summed E-state index contributed by atoms with van der Waals surface area (Å²) < 4.78 is 7.36. The summed E-state index contributed by atoms with van der Waals surface area (Å²) in [5.41, 5.74) is 0. The van der Waals surface area contributed by atoms with Gasteiger partial charge in [-0.25, -0.2) is 3.11 Å². The Morgan fingerprint density at radius 1 is 1.67 bits per heavy atom. The molecule has 2 rings (SSSR count). The van der Waals surface area contributed by atoms with E-state index in [0.29, 0.717) is 5.92 Å². The maximum absolute atomic E-state index is 5.11. The summed E-state index contributed by atoms with van der Waals surface area (Å²) in [5.74, 6) is 1.98. The van der Waals surface area contributed by atoms with E-state index in [4.69, 9.17) is 4.52 Å². The highest BCUT2D eigenvalue weighted by molar-refractivity contribution is 14.1. The van der Waals surface area contributed by atoms with E-state index in [1.54, 1.807) is 0 Å². The van der Waals surface area contributed by atoms with Gasteiger partial charge in [-0.3, -0.25) is 0 Å². The van der Waals surface area contributed by atoms with Gasteiger partial charge in [0.1, 0.15) is 0 Å². The second-order valence-electron chi connectivity index (χ2n) is 3.03. The van der Waals surface area contributed by atoms with Crippen LogP contribution < -0.4 is 0 Å². The number of aromatic nitrogens is 2. The first-order chi connectivity index (χ1) is 5.75. The predicted octanol–water partition coefficient (Wildman–Crippen LogP) is 1.52. The van der Waals surface area contributed by atoms with Crippen molar-refractivity contribution in [1.82, 2.24) is 13.3 Å². The summed E-state index contributed by atoms with van der Waals surface area (Å²) in [4.78, 5) is 4.22. The Labute approximate surface area is 84.8 Å². The first kappa shape index (κ1) is 8.43. The van der Waals surface area contributed by atoms with Crippen LogP contribution in [0.25, 0.3) is 0 Å². The average molecular weight is 279 g/mol. The monoisotopic (exact) mass is 279 g/mol. The first-order valence-corrected chi connectivity index (χ1v) is 4.93. The van der Waals surface area contributed by atoms with Crippen molar-refractivity contribution in [1.29, 1.82) is 0 Å². The van der Waals surface area contributed by atoms with E-state index in [9.17, 15) is 0 Å². The van der Waals surface area contributed by atoms with Crippen LogP contribution in [0.3, 0.4) is 0 Å². The number of rotatable bonds is 1. The van der Waals surface area contributed by atoms with Crippen molar-refractivity contribution in [2.24, 2.45) is 0 Å². The van der Waals surface area contributed by atoms with Gasteiger partial charge >= 0.3 is 0 Å². The van der Waals surface area contributed by atoms with Crippen LogP contribution >= 0.6 is 22.9 Å². The Bertz CT molecular complexity index is 275. The Morgan fingerprint density at radius 2 is 2.50 bits per heavy atom. The highest BCUT2D eigenvalue weighted by Gasteiger charge is 2.26. The lowest BCUT2D eigenvalue weighted by Crippen LogP contribution is -2.06. The smallest absolute Gasteiger partial charge is 0.231 e. The zero-order chi connectivity index (χ0) is 8.55. The van der Waals surface area contributed by atoms with Gasteiger partial charge in [-0.2, -0.15) is 4.98 Å². The topological polar surface area (TPSA) is 42.2 Å². The van der Waals surface area contributed by atoms with E-state index in [-0.39, 0.29) is 0 Å². The maximum Gasteiger partial charge on any atom is 0.231 e. The standard InChI is InChI=1S/C7H10IN3O/c1-5-9-7(12-10-5)6-2-3-11(8)4-6/h6H,2-4H2,1H3. The van der Waals surface area contributed by atoms with E-state index in [1.165, 1.54) is 0 Å². The molecule has 66 valence electrons.